The van der Waals surface area contributed by atoms with Crippen LogP contribution < -0.4 is 4.74 Å². The van der Waals surface area contributed by atoms with Crippen LogP contribution in [-0.2, 0) is 16.0 Å². The van der Waals surface area contributed by atoms with E-state index in [1.165, 1.54) is 6.07 Å². The minimum absolute atomic E-state index is 0.0117. The van der Waals surface area contributed by atoms with E-state index < -0.39 is 28.8 Å². The lowest BCUT2D eigenvalue weighted by atomic mass is 9.49. The molecule has 1 aromatic carbocycles. The Bertz CT molecular complexity index is 1310. The molecule has 9 nitrogen and oxygen atoms in total. The first kappa shape index (κ1) is 28.5. The van der Waals surface area contributed by atoms with E-state index >= 15 is 0 Å². The number of hydrogen-bond donors (Lipinski definition) is 4. The molecule has 2 aliphatic heterocycles. The van der Waals surface area contributed by atoms with Crippen LogP contribution in [0.4, 0.5) is 0 Å². The van der Waals surface area contributed by atoms with Gasteiger partial charge in [-0.05, 0) is 40.0 Å². The molecular weight excluding hydrogens is 514 g/mol. The first-order valence-corrected chi connectivity index (χ1v) is 13.9. The van der Waals surface area contributed by atoms with E-state index in [9.17, 15) is 30.0 Å². The number of hydrogen-bond acceptors (Lipinski definition) is 9. The van der Waals surface area contributed by atoms with Gasteiger partial charge < -0.3 is 29.9 Å². The smallest absolute Gasteiger partial charge is 0.200 e. The quantitative estimate of drug-likeness (QED) is 0.322. The van der Waals surface area contributed by atoms with E-state index in [4.69, 9.17) is 9.47 Å². The summed E-state index contributed by atoms with van der Waals surface area (Å²) in [4.78, 5) is 30.5. The van der Waals surface area contributed by atoms with Crippen molar-refractivity contribution < 1.29 is 39.5 Å². The SMILES string of the molecule is CC(C)=CCc1c(O)cc(O)c2c1O[C@@]13C(=C[C@H]4C(=O)C1(CC=C(C)C)OC[C@@H]3[C@H]4CN(CCO)CCO)C2=O. The third-order valence-electron chi connectivity index (χ3n) is 8.94. The second-order valence-electron chi connectivity index (χ2n) is 11.9. The largest absolute Gasteiger partial charge is 0.507 e. The zero-order chi connectivity index (χ0) is 29.0. The number of Topliss-reactive ketones (excluding diaryl/α,β-unsaturated/α-hetero) is 2. The number of aliphatic hydroxyl groups is 2. The second kappa shape index (κ2) is 10.4. The zero-order valence-electron chi connectivity index (χ0n) is 23.6. The Morgan fingerprint density at radius 3 is 2.35 bits per heavy atom. The molecule has 0 aromatic heterocycles. The van der Waals surface area contributed by atoms with Gasteiger partial charge in [0.1, 0.15) is 22.8 Å². The van der Waals surface area contributed by atoms with Gasteiger partial charge in [-0.3, -0.25) is 14.5 Å². The summed E-state index contributed by atoms with van der Waals surface area (Å²) in [5.41, 5.74) is -0.227. The minimum Gasteiger partial charge on any atom is -0.507 e. The number of aliphatic hydroxyl groups excluding tert-OH is 2. The van der Waals surface area contributed by atoms with Crippen LogP contribution in [0.1, 0.15) is 50.0 Å². The zero-order valence-corrected chi connectivity index (χ0v) is 23.6. The van der Waals surface area contributed by atoms with E-state index in [0.29, 0.717) is 30.8 Å². The Hall–Kier alpha value is -2.98. The summed E-state index contributed by atoms with van der Waals surface area (Å²) in [7, 11) is 0. The van der Waals surface area contributed by atoms with Crippen molar-refractivity contribution >= 4 is 11.6 Å². The average Bonchev–Trinajstić information content (AvgIpc) is 3.17. The van der Waals surface area contributed by atoms with Crippen LogP contribution in [0.2, 0.25) is 0 Å². The van der Waals surface area contributed by atoms with Crippen molar-refractivity contribution in [2.45, 2.75) is 51.7 Å². The first-order chi connectivity index (χ1) is 19.0. The van der Waals surface area contributed by atoms with E-state index in [-0.39, 0.29) is 67.2 Å². The van der Waals surface area contributed by atoms with Gasteiger partial charge in [-0.25, -0.2) is 0 Å². The molecule has 0 radical (unpaired) electrons. The van der Waals surface area contributed by atoms with E-state index in [1.807, 2.05) is 44.7 Å². The van der Waals surface area contributed by atoms with Crippen LogP contribution in [0.3, 0.4) is 0 Å². The number of rotatable bonds is 10. The molecule has 1 saturated heterocycles. The average molecular weight is 554 g/mol. The second-order valence-corrected chi connectivity index (χ2v) is 11.9. The molecule has 6 rings (SSSR count). The van der Waals surface area contributed by atoms with Gasteiger partial charge in [0.2, 0.25) is 0 Å². The highest BCUT2D eigenvalue weighted by Crippen LogP contribution is 2.65. The lowest BCUT2D eigenvalue weighted by molar-refractivity contribution is -0.171. The molecule has 4 bridgehead atoms. The van der Waals surface area contributed by atoms with E-state index in [2.05, 4.69) is 0 Å². The molecule has 2 heterocycles. The molecule has 2 fully saturated rings. The summed E-state index contributed by atoms with van der Waals surface area (Å²) in [6.07, 6.45) is 6.02. The van der Waals surface area contributed by atoms with Crippen LogP contribution in [0.15, 0.2) is 41.0 Å². The topological polar surface area (TPSA) is 137 Å². The Morgan fingerprint density at radius 1 is 1.05 bits per heavy atom. The van der Waals surface area contributed by atoms with Crippen LogP contribution >= 0.6 is 0 Å². The van der Waals surface area contributed by atoms with Crippen molar-refractivity contribution in [3.8, 4) is 17.2 Å². The summed E-state index contributed by atoms with van der Waals surface area (Å²) in [5, 5.41) is 40.9. The van der Waals surface area contributed by atoms with E-state index in [0.717, 1.165) is 11.1 Å². The first-order valence-electron chi connectivity index (χ1n) is 13.9. The third-order valence-corrected chi connectivity index (χ3v) is 8.94. The molecule has 216 valence electrons. The number of allylic oxidation sites excluding steroid dienone is 4. The predicted molar refractivity (Wildman–Crippen MR) is 147 cm³/mol. The lowest BCUT2D eigenvalue weighted by Gasteiger charge is -2.59. The standard InChI is InChI=1S/C31H39NO8/c1-17(2)5-6-19-24(35)14-25(36)26-27(37)22-13-20-21(15-32(9-11-33)10-12-34)23-16-39-30(29(20)38,8-7-18(3)4)31(22,23)40-28(19)26/h5,7,13-14,20-21,23,33-36H,6,8-12,15-16H2,1-4H3/t20-,21+,23-,30?,31-/m1/s1. The van der Waals surface area contributed by atoms with Crippen molar-refractivity contribution in [1.29, 1.82) is 0 Å². The molecule has 0 amide bonds. The maximum atomic E-state index is 14.4. The van der Waals surface area contributed by atoms with Gasteiger partial charge in [-0.1, -0.05) is 29.4 Å². The van der Waals surface area contributed by atoms with Gasteiger partial charge in [-0.15, -0.1) is 0 Å². The van der Waals surface area contributed by atoms with Gasteiger partial charge in [-0.2, -0.15) is 0 Å². The summed E-state index contributed by atoms with van der Waals surface area (Å²) in [6.45, 7) is 8.76. The number of carbonyl (C=O) groups is 2. The van der Waals surface area contributed by atoms with Crippen LogP contribution in [0.25, 0.3) is 0 Å². The normalized spacial score (nSPS) is 29.6. The van der Waals surface area contributed by atoms with Crippen molar-refractivity contribution in [2.24, 2.45) is 17.8 Å². The fraction of sp³-hybridized carbons (Fsp3) is 0.548. The summed E-state index contributed by atoms with van der Waals surface area (Å²) in [5.74, 6) is -2.38. The predicted octanol–water partition coefficient (Wildman–Crippen LogP) is 2.70. The molecule has 1 saturated carbocycles. The summed E-state index contributed by atoms with van der Waals surface area (Å²) >= 11 is 0. The molecule has 1 unspecified atom stereocenters. The number of aromatic hydroxyl groups is 2. The van der Waals surface area contributed by atoms with E-state index in [1.54, 1.807) is 6.08 Å². The monoisotopic (exact) mass is 553 g/mol. The number of phenolic OH excluding ortho intramolecular Hbond substituents is 2. The molecule has 3 aliphatic carbocycles. The Morgan fingerprint density at radius 2 is 1.73 bits per heavy atom. The molecule has 9 heteroatoms. The number of fused-ring (bicyclic) bond motifs is 1. The third kappa shape index (κ3) is 4.05. The van der Waals surface area contributed by atoms with Crippen molar-refractivity contribution in [2.75, 3.05) is 39.5 Å². The Labute approximate surface area is 234 Å². The van der Waals surface area contributed by atoms with Crippen molar-refractivity contribution in [1.82, 2.24) is 4.90 Å². The molecule has 1 spiro atoms. The molecule has 4 N–H and O–H groups in total. The van der Waals surface area contributed by atoms with Crippen molar-refractivity contribution in [3.05, 3.63) is 52.1 Å². The fourth-order valence-electron chi connectivity index (χ4n) is 7.11. The van der Waals surface area contributed by atoms with Crippen LogP contribution in [-0.4, -0.2) is 87.5 Å². The van der Waals surface area contributed by atoms with Gasteiger partial charge in [0, 0.05) is 55.1 Å². The number of phenols is 2. The van der Waals surface area contributed by atoms with Crippen molar-refractivity contribution in [3.63, 3.8) is 0 Å². The molecule has 1 aromatic rings. The minimum atomic E-state index is -1.45. The molecule has 5 atom stereocenters. The highest BCUT2D eigenvalue weighted by Gasteiger charge is 2.79. The fourth-order valence-corrected chi connectivity index (χ4v) is 7.11. The number of ether oxygens (including phenoxy) is 2. The highest BCUT2D eigenvalue weighted by atomic mass is 16.6. The Kier molecular flexibility index (Phi) is 7.46. The van der Waals surface area contributed by atoms with Gasteiger partial charge in [0.05, 0.1) is 19.8 Å². The highest BCUT2D eigenvalue weighted by molar-refractivity contribution is 6.18. The van der Waals surface area contributed by atoms with Crippen LogP contribution in [0.5, 0.6) is 17.2 Å². The van der Waals surface area contributed by atoms with Gasteiger partial charge >= 0.3 is 0 Å². The Balaban J connectivity index is 1.72. The molecular formula is C31H39NO8. The maximum absolute atomic E-state index is 14.4. The number of nitrogens with zero attached hydrogens (tertiary/aromatic N) is 1. The molecule has 5 aliphatic rings. The number of ketones is 2. The lowest BCUT2D eigenvalue weighted by Crippen LogP contribution is -2.74. The van der Waals surface area contributed by atoms with Gasteiger partial charge in [0.25, 0.3) is 0 Å². The summed E-state index contributed by atoms with van der Waals surface area (Å²) < 4.78 is 13.3. The number of benzene rings is 1. The number of carbonyl (C=O) groups excluding carboxylic acids is 2. The maximum Gasteiger partial charge on any atom is 0.200 e. The summed E-state index contributed by atoms with van der Waals surface area (Å²) in [6, 6.07) is 1.17. The molecule has 40 heavy (non-hydrogen) atoms. The van der Waals surface area contributed by atoms with Gasteiger partial charge in [0.15, 0.2) is 22.8 Å². The van der Waals surface area contributed by atoms with Crippen LogP contribution in [0, 0.1) is 17.8 Å².